The first-order valence-electron chi connectivity index (χ1n) is 8.16. The standard InChI is InChI=1S/C18H22ClNO3/c1-10-5-4-6-20(8-10)9-14-16(21)15(19)7-13-11(2)12(3)18(22)23-17(13)14/h7,10,21H,4-6,8-9H2,1-3H3/p+1/t10-/m0/s1. The highest BCUT2D eigenvalue weighted by Gasteiger charge is 2.25. The molecule has 0 bridgehead atoms. The molecule has 1 fully saturated rings. The van der Waals surface area contributed by atoms with Crippen molar-refractivity contribution in [2.45, 2.75) is 40.2 Å². The summed E-state index contributed by atoms with van der Waals surface area (Å²) in [7, 11) is 0. The molecule has 2 heterocycles. The van der Waals surface area contributed by atoms with Gasteiger partial charge in [-0.15, -0.1) is 0 Å². The lowest BCUT2D eigenvalue weighted by atomic mass is 9.98. The predicted octanol–water partition coefficient (Wildman–Crippen LogP) is 2.58. The smallest absolute Gasteiger partial charge is 0.339 e. The number of benzene rings is 1. The molecule has 1 unspecified atom stereocenters. The third-order valence-corrected chi connectivity index (χ3v) is 5.35. The number of rotatable bonds is 2. The van der Waals surface area contributed by atoms with Crippen LogP contribution in [0.15, 0.2) is 15.3 Å². The first-order valence-corrected chi connectivity index (χ1v) is 8.54. The quantitative estimate of drug-likeness (QED) is 0.829. The largest absolute Gasteiger partial charge is 0.506 e. The third-order valence-electron chi connectivity index (χ3n) is 5.06. The molecule has 0 amide bonds. The van der Waals surface area contributed by atoms with Gasteiger partial charge in [-0.25, -0.2) is 4.79 Å². The zero-order valence-corrected chi connectivity index (χ0v) is 14.6. The number of nitrogens with one attached hydrogen (secondary N) is 1. The lowest BCUT2D eigenvalue weighted by Gasteiger charge is -2.28. The van der Waals surface area contributed by atoms with Gasteiger partial charge in [0.05, 0.1) is 23.7 Å². The Balaban J connectivity index is 2.14. The first kappa shape index (κ1) is 16.3. The maximum Gasteiger partial charge on any atom is 0.339 e. The Morgan fingerprint density at radius 1 is 1.39 bits per heavy atom. The number of phenols is 1. The molecular weight excluding hydrogens is 314 g/mol. The van der Waals surface area contributed by atoms with Crippen LogP contribution in [0.4, 0.5) is 0 Å². The fourth-order valence-electron chi connectivity index (χ4n) is 3.57. The number of aryl methyl sites for hydroxylation is 1. The minimum Gasteiger partial charge on any atom is -0.506 e. The summed E-state index contributed by atoms with van der Waals surface area (Å²) in [5.74, 6) is 0.707. The second-order valence-electron chi connectivity index (χ2n) is 6.83. The zero-order valence-electron chi connectivity index (χ0n) is 13.8. The number of hydrogen-bond donors (Lipinski definition) is 2. The summed E-state index contributed by atoms with van der Waals surface area (Å²) in [6, 6.07) is 1.69. The van der Waals surface area contributed by atoms with Crippen LogP contribution in [0.1, 0.15) is 36.5 Å². The molecule has 0 radical (unpaired) electrons. The molecule has 3 rings (SSSR count). The van der Waals surface area contributed by atoms with Gasteiger partial charge in [-0.1, -0.05) is 18.5 Å². The van der Waals surface area contributed by atoms with Crippen LogP contribution in [0, 0.1) is 19.8 Å². The third kappa shape index (κ3) is 2.98. The maximum atomic E-state index is 12.1. The number of fused-ring (bicyclic) bond motifs is 1. The van der Waals surface area contributed by atoms with E-state index in [9.17, 15) is 9.90 Å². The lowest BCUT2D eigenvalue weighted by molar-refractivity contribution is -0.922. The van der Waals surface area contributed by atoms with Gasteiger partial charge in [-0.3, -0.25) is 0 Å². The van der Waals surface area contributed by atoms with Crippen molar-refractivity contribution in [3.05, 3.63) is 38.2 Å². The summed E-state index contributed by atoms with van der Waals surface area (Å²) in [4.78, 5) is 13.5. The van der Waals surface area contributed by atoms with Crippen molar-refractivity contribution in [3.8, 4) is 5.75 Å². The van der Waals surface area contributed by atoms with Crippen molar-refractivity contribution in [3.63, 3.8) is 0 Å². The molecule has 5 heteroatoms. The molecule has 1 aromatic heterocycles. The van der Waals surface area contributed by atoms with E-state index in [-0.39, 0.29) is 11.4 Å². The topological polar surface area (TPSA) is 54.9 Å². The van der Waals surface area contributed by atoms with Gasteiger partial charge < -0.3 is 14.4 Å². The van der Waals surface area contributed by atoms with Crippen molar-refractivity contribution in [1.82, 2.24) is 0 Å². The van der Waals surface area contributed by atoms with E-state index in [4.69, 9.17) is 16.0 Å². The summed E-state index contributed by atoms with van der Waals surface area (Å²) in [5.41, 5.74) is 2.23. The van der Waals surface area contributed by atoms with Crippen LogP contribution in [-0.4, -0.2) is 18.2 Å². The Hall–Kier alpha value is -1.52. The van der Waals surface area contributed by atoms with E-state index in [0.29, 0.717) is 34.2 Å². The van der Waals surface area contributed by atoms with E-state index in [1.54, 1.807) is 13.0 Å². The molecule has 2 aromatic rings. The van der Waals surface area contributed by atoms with E-state index in [2.05, 4.69) is 6.92 Å². The van der Waals surface area contributed by atoms with Crippen molar-refractivity contribution >= 4 is 22.6 Å². The van der Waals surface area contributed by atoms with E-state index in [0.717, 1.165) is 24.0 Å². The van der Waals surface area contributed by atoms with Gasteiger partial charge in [0.15, 0.2) is 5.58 Å². The van der Waals surface area contributed by atoms with Gasteiger partial charge in [-0.2, -0.15) is 0 Å². The average Bonchev–Trinajstić information content (AvgIpc) is 2.51. The Morgan fingerprint density at radius 2 is 2.13 bits per heavy atom. The molecule has 1 aliphatic heterocycles. The summed E-state index contributed by atoms with van der Waals surface area (Å²) in [5, 5.41) is 11.6. The number of likely N-dealkylation sites (tertiary alicyclic amines) is 1. The normalized spacial score (nSPS) is 21.7. The minimum absolute atomic E-state index is 0.0382. The Bertz CT molecular complexity index is 812. The minimum atomic E-state index is -0.347. The molecule has 2 atom stereocenters. The van der Waals surface area contributed by atoms with Crippen molar-refractivity contribution in [2.24, 2.45) is 5.92 Å². The van der Waals surface area contributed by atoms with Crippen LogP contribution < -0.4 is 10.5 Å². The second kappa shape index (κ2) is 6.17. The number of halogens is 1. The lowest BCUT2D eigenvalue weighted by Crippen LogP contribution is -3.12. The summed E-state index contributed by atoms with van der Waals surface area (Å²) in [6.07, 6.45) is 2.43. The number of hydrogen-bond acceptors (Lipinski definition) is 3. The SMILES string of the molecule is Cc1c(C)c2cc(Cl)c(O)c(C[NH+]3CCC[C@H](C)C3)c2oc1=O. The van der Waals surface area contributed by atoms with Crippen molar-refractivity contribution in [2.75, 3.05) is 13.1 Å². The van der Waals surface area contributed by atoms with Gasteiger partial charge in [0, 0.05) is 16.9 Å². The highest BCUT2D eigenvalue weighted by Crippen LogP contribution is 2.35. The van der Waals surface area contributed by atoms with E-state index >= 15 is 0 Å². The molecule has 124 valence electrons. The van der Waals surface area contributed by atoms with Crippen molar-refractivity contribution < 1.29 is 14.4 Å². The fraction of sp³-hybridized carbons (Fsp3) is 0.500. The molecular formula is C18H23ClNO3+. The molecule has 1 aromatic carbocycles. The van der Waals surface area contributed by atoms with Crippen LogP contribution >= 0.6 is 11.6 Å². The summed E-state index contributed by atoms with van der Waals surface area (Å²) < 4.78 is 5.52. The first-order chi connectivity index (χ1) is 10.9. The number of quaternary nitrogens is 1. The summed E-state index contributed by atoms with van der Waals surface area (Å²) in [6.45, 7) is 8.64. The fourth-order valence-corrected chi connectivity index (χ4v) is 3.79. The molecule has 0 spiro atoms. The summed E-state index contributed by atoms with van der Waals surface area (Å²) >= 11 is 6.22. The molecule has 23 heavy (non-hydrogen) atoms. The Kier molecular flexibility index (Phi) is 4.39. The molecule has 1 aliphatic rings. The van der Waals surface area contributed by atoms with E-state index in [1.807, 2.05) is 6.92 Å². The number of aromatic hydroxyl groups is 1. The van der Waals surface area contributed by atoms with Crippen LogP contribution in [-0.2, 0) is 6.54 Å². The molecule has 2 N–H and O–H groups in total. The monoisotopic (exact) mass is 336 g/mol. The molecule has 4 nitrogen and oxygen atoms in total. The van der Waals surface area contributed by atoms with Crippen LogP contribution in [0.25, 0.3) is 11.0 Å². The van der Waals surface area contributed by atoms with Crippen LogP contribution in [0.2, 0.25) is 5.02 Å². The van der Waals surface area contributed by atoms with Gasteiger partial charge in [0.1, 0.15) is 12.3 Å². The van der Waals surface area contributed by atoms with Crippen molar-refractivity contribution in [1.29, 1.82) is 0 Å². The van der Waals surface area contributed by atoms with Gasteiger partial charge in [0.25, 0.3) is 0 Å². The zero-order chi connectivity index (χ0) is 16.7. The van der Waals surface area contributed by atoms with Crippen LogP contribution in [0.5, 0.6) is 5.75 Å². The Morgan fingerprint density at radius 3 is 2.83 bits per heavy atom. The molecule has 0 aliphatic carbocycles. The molecule has 0 saturated carbocycles. The molecule has 1 saturated heterocycles. The van der Waals surface area contributed by atoms with Crippen LogP contribution in [0.3, 0.4) is 0 Å². The highest BCUT2D eigenvalue weighted by atomic mass is 35.5. The van der Waals surface area contributed by atoms with E-state index < -0.39 is 0 Å². The van der Waals surface area contributed by atoms with Gasteiger partial charge in [0.2, 0.25) is 0 Å². The second-order valence-corrected chi connectivity index (χ2v) is 7.24. The van der Waals surface area contributed by atoms with Gasteiger partial charge >= 0.3 is 5.63 Å². The average molecular weight is 337 g/mol. The maximum absolute atomic E-state index is 12.1. The number of phenolic OH excluding ortho intramolecular Hbond substituents is 1. The number of piperidine rings is 1. The van der Waals surface area contributed by atoms with E-state index in [1.165, 1.54) is 17.7 Å². The predicted molar refractivity (Wildman–Crippen MR) is 91.4 cm³/mol. The Labute approximate surface area is 140 Å². The van der Waals surface area contributed by atoms with Gasteiger partial charge in [-0.05, 0) is 38.3 Å². The highest BCUT2D eigenvalue weighted by molar-refractivity contribution is 6.33.